The topological polar surface area (TPSA) is 108 Å². The highest BCUT2D eigenvalue weighted by Crippen LogP contribution is 2.27. The lowest BCUT2D eigenvalue weighted by Gasteiger charge is -2.36. The first-order valence-electron chi connectivity index (χ1n) is 6.66. The lowest BCUT2D eigenvalue weighted by atomic mass is 10.0. The number of nitrogens with zero attached hydrogens (tertiary/aromatic N) is 2. The Labute approximate surface area is 128 Å². The van der Waals surface area contributed by atoms with E-state index in [2.05, 4.69) is 10.3 Å². The molecule has 3 N–H and O–H groups in total. The maximum absolute atomic E-state index is 12.5. The van der Waals surface area contributed by atoms with Crippen LogP contribution in [0.25, 0.3) is 0 Å². The van der Waals surface area contributed by atoms with Crippen molar-refractivity contribution in [3.8, 4) is 0 Å². The Bertz CT molecular complexity index is 589. The van der Waals surface area contributed by atoms with Crippen LogP contribution in [-0.4, -0.2) is 64.3 Å². The van der Waals surface area contributed by atoms with Crippen molar-refractivity contribution < 1.29 is 32.6 Å². The largest absolute Gasteiger partial charge is 0.465 e. The van der Waals surface area contributed by atoms with E-state index >= 15 is 0 Å². The molecule has 11 heteroatoms. The number of amides is 2. The number of alkyl halides is 3. The summed E-state index contributed by atoms with van der Waals surface area (Å²) in [6.07, 6.45) is -5.49. The summed E-state index contributed by atoms with van der Waals surface area (Å²) in [5.74, 6) is -1.27. The number of carboxylic acid groups (broad SMARTS) is 1. The maximum Gasteiger partial charge on any atom is 0.432 e. The highest BCUT2D eigenvalue weighted by Gasteiger charge is 2.35. The molecule has 2 amide bonds. The fourth-order valence-electron chi connectivity index (χ4n) is 2.31. The third-order valence-corrected chi connectivity index (χ3v) is 3.55. The van der Waals surface area contributed by atoms with Crippen molar-refractivity contribution in [3.63, 3.8) is 0 Å². The van der Waals surface area contributed by atoms with Gasteiger partial charge in [0.1, 0.15) is 5.69 Å². The Balaban J connectivity index is 2.02. The highest BCUT2D eigenvalue weighted by atomic mass is 19.4. The third kappa shape index (κ3) is 3.92. The molecule has 1 aliphatic heterocycles. The molecule has 0 radical (unpaired) electrons. The van der Waals surface area contributed by atoms with E-state index in [1.165, 1.54) is 7.11 Å². The molecule has 0 bridgehead atoms. The van der Waals surface area contributed by atoms with Crippen LogP contribution >= 0.6 is 0 Å². The predicted octanol–water partition coefficient (Wildman–Crippen LogP) is 0.926. The molecule has 0 spiro atoms. The molecule has 2 atom stereocenters. The van der Waals surface area contributed by atoms with Crippen LogP contribution in [0.3, 0.4) is 0 Å². The fourth-order valence-corrected chi connectivity index (χ4v) is 2.31. The number of methoxy groups -OCH3 is 1. The summed E-state index contributed by atoms with van der Waals surface area (Å²) in [6, 6.07) is -0.525. The van der Waals surface area contributed by atoms with E-state index in [-0.39, 0.29) is 19.5 Å². The van der Waals surface area contributed by atoms with Gasteiger partial charge in [-0.05, 0) is 6.42 Å². The predicted molar refractivity (Wildman–Crippen MR) is 69.9 cm³/mol. The Morgan fingerprint density at radius 1 is 1.52 bits per heavy atom. The van der Waals surface area contributed by atoms with Crippen molar-refractivity contribution in [2.45, 2.75) is 24.7 Å². The normalized spacial score (nSPS) is 22.0. The summed E-state index contributed by atoms with van der Waals surface area (Å²) in [7, 11) is 1.36. The number of nitrogens with one attached hydrogen (secondary N) is 2. The molecule has 1 fully saturated rings. The van der Waals surface area contributed by atoms with Crippen molar-refractivity contribution in [2.24, 2.45) is 0 Å². The Kier molecular flexibility index (Phi) is 4.78. The lowest BCUT2D eigenvalue weighted by Crippen LogP contribution is -2.55. The second kappa shape index (κ2) is 6.44. The summed E-state index contributed by atoms with van der Waals surface area (Å²) in [6.45, 7) is 0.245. The molecule has 2 rings (SSSR count). The van der Waals surface area contributed by atoms with E-state index in [4.69, 9.17) is 9.84 Å². The van der Waals surface area contributed by atoms with Gasteiger partial charge in [0.15, 0.2) is 5.82 Å². The van der Waals surface area contributed by atoms with Crippen LogP contribution in [0.15, 0.2) is 6.20 Å². The van der Waals surface area contributed by atoms with E-state index in [9.17, 15) is 22.8 Å². The summed E-state index contributed by atoms with van der Waals surface area (Å²) in [5, 5.41) is 11.5. The molecule has 128 valence electrons. The fraction of sp³-hybridized carbons (Fsp3) is 0.583. The number of carbonyl (C=O) groups excluding carboxylic acids is 1. The average Bonchev–Trinajstić information content (AvgIpc) is 2.97. The van der Waals surface area contributed by atoms with Crippen LogP contribution in [0.1, 0.15) is 22.7 Å². The number of ether oxygens (including phenoxy) is 1. The maximum atomic E-state index is 12.5. The average molecular weight is 336 g/mol. The van der Waals surface area contributed by atoms with Crippen LogP contribution in [0.4, 0.5) is 18.0 Å². The molecular weight excluding hydrogens is 321 g/mol. The molecule has 0 unspecified atom stereocenters. The summed E-state index contributed by atoms with van der Waals surface area (Å²) >= 11 is 0. The molecule has 0 saturated carbocycles. The summed E-state index contributed by atoms with van der Waals surface area (Å²) in [4.78, 5) is 29.4. The molecule has 2 heterocycles. The minimum absolute atomic E-state index is 0.0583. The quantitative estimate of drug-likeness (QED) is 0.761. The van der Waals surface area contributed by atoms with Crippen molar-refractivity contribution >= 4 is 12.0 Å². The van der Waals surface area contributed by atoms with Gasteiger partial charge >= 0.3 is 12.3 Å². The van der Waals surface area contributed by atoms with Crippen molar-refractivity contribution in [2.75, 3.05) is 20.2 Å². The van der Waals surface area contributed by atoms with Gasteiger partial charge < -0.3 is 25.0 Å². The SMILES string of the molecule is CO[C@@H]1CN(C(=O)O)CC[C@@H]1NC(=O)c1ncc(C(F)(F)F)[nH]1. The van der Waals surface area contributed by atoms with E-state index in [0.29, 0.717) is 6.20 Å². The summed E-state index contributed by atoms with van der Waals surface area (Å²) in [5.41, 5.74) is -1.12. The van der Waals surface area contributed by atoms with Crippen LogP contribution in [0.2, 0.25) is 0 Å². The zero-order chi connectivity index (χ0) is 17.2. The van der Waals surface area contributed by atoms with Crippen LogP contribution in [0.5, 0.6) is 0 Å². The number of piperidine rings is 1. The van der Waals surface area contributed by atoms with E-state index < -0.39 is 41.8 Å². The smallest absolute Gasteiger partial charge is 0.432 e. The number of likely N-dealkylation sites (tertiary alicyclic amines) is 1. The number of imidazole rings is 1. The standard InChI is InChI=1S/C12H15F3N4O4/c1-23-7-5-19(11(21)22)3-2-6(7)17-10(20)9-16-4-8(18-9)12(13,14)15/h4,6-7H,2-3,5H2,1H3,(H,16,18)(H,17,20)(H,21,22)/t6-,7+/m0/s1. The first kappa shape index (κ1) is 17.1. The number of hydrogen-bond acceptors (Lipinski definition) is 4. The zero-order valence-corrected chi connectivity index (χ0v) is 12.1. The van der Waals surface area contributed by atoms with Gasteiger partial charge in [-0.1, -0.05) is 0 Å². The first-order chi connectivity index (χ1) is 10.7. The molecular formula is C12H15F3N4O4. The van der Waals surface area contributed by atoms with E-state index in [1.54, 1.807) is 0 Å². The molecule has 8 nitrogen and oxygen atoms in total. The Morgan fingerprint density at radius 3 is 2.74 bits per heavy atom. The van der Waals surface area contributed by atoms with Gasteiger partial charge in [0.05, 0.1) is 24.9 Å². The van der Waals surface area contributed by atoms with Crippen LogP contribution in [-0.2, 0) is 10.9 Å². The molecule has 0 aliphatic carbocycles. The van der Waals surface area contributed by atoms with Gasteiger partial charge in [0.25, 0.3) is 5.91 Å². The molecule has 23 heavy (non-hydrogen) atoms. The molecule has 1 aromatic heterocycles. The van der Waals surface area contributed by atoms with Gasteiger partial charge in [-0.15, -0.1) is 0 Å². The van der Waals surface area contributed by atoms with Gasteiger partial charge in [-0.25, -0.2) is 9.78 Å². The number of H-pyrrole nitrogens is 1. The number of rotatable bonds is 3. The van der Waals surface area contributed by atoms with E-state index in [0.717, 1.165) is 4.90 Å². The number of aromatic amines is 1. The Morgan fingerprint density at radius 2 is 2.22 bits per heavy atom. The summed E-state index contributed by atoms with van der Waals surface area (Å²) < 4.78 is 42.6. The van der Waals surface area contributed by atoms with Gasteiger partial charge in [-0.3, -0.25) is 4.79 Å². The number of hydrogen-bond donors (Lipinski definition) is 3. The van der Waals surface area contributed by atoms with Crippen molar-refractivity contribution in [1.82, 2.24) is 20.2 Å². The minimum atomic E-state index is -4.62. The third-order valence-electron chi connectivity index (χ3n) is 3.55. The first-order valence-corrected chi connectivity index (χ1v) is 6.66. The number of carbonyl (C=O) groups is 2. The molecule has 0 aromatic carbocycles. The van der Waals surface area contributed by atoms with Crippen molar-refractivity contribution in [1.29, 1.82) is 0 Å². The molecule has 1 aliphatic rings. The molecule has 1 aromatic rings. The van der Waals surface area contributed by atoms with Crippen LogP contribution < -0.4 is 5.32 Å². The van der Waals surface area contributed by atoms with Gasteiger partial charge in [0, 0.05) is 13.7 Å². The Hall–Kier alpha value is -2.30. The minimum Gasteiger partial charge on any atom is -0.465 e. The lowest BCUT2D eigenvalue weighted by molar-refractivity contribution is -0.140. The second-order valence-corrected chi connectivity index (χ2v) is 5.01. The molecule has 1 saturated heterocycles. The zero-order valence-electron chi connectivity index (χ0n) is 12.1. The van der Waals surface area contributed by atoms with Gasteiger partial charge in [-0.2, -0.15) is 13.2 Å². The van der Waals surface area contributed by atoms with Gasteiger partial charge in [0.2, 0.25) is 0 Å². The number of halogens is 3. The number of aromatic nitrogens is 2. The second-order valence-electron chi connectivity index (χ2n) is 5.01. The monoisotopic (exact) mass is 336 g/mol. The van der Waals surface area contributed by atoms with Crippen LogP contribution in [0, 0.1) is 0 Å². The highest BCUT2D eigenvalue weighted by molar-refractivity contribution is 5.90. The van der Waals surface area contributed by atoms with Crippen molar-refractivity contribution in [3.05, 3.63) is 17.7 Å². The van der Waals surface area contributed by atoms with E-state index in [1.807, 2.05) is 4.98 Å².